The molecule has 22 heavy (non-hydrogen) atoms. The van der Waals surface area contributed by atoms with Crippen LogP contribution in [0.15, 0.2) is 57.8 Å². The monoisotopic (exact) mass is 300 g/mol. The number of hydrogen-bond donors (Lipinski definition) is 2. The summed E-state index contributed by atoms with van der Waals surface area (Å²) in [7, 11) is 0. The van der Waals surface area contributed by atoms with E-state index in [2.05, 4.69) is 10.2 Å². The van der Waals surface area contributed by atoms with Gasteiger partial charge in [0.25, 0.3) is 0 Å². The third kappa shape index (κ3) is 3.88. The first-order valence-corrected chi connectivity index (χ1v) is 6.86. The van der Waals surface area contributed by atoms with Gasteiger partial charge in [0.05, 0.1) is 0 Å². The highest BCUT2D eigenvalue weighted by molar-refractivity contribution is 5.94. The lowest BCUT2D eigenvalue weighted by Gasteiger charge is -2.13. The van der Waals surface area contributed by atoms with E-state index in [1.54, 1.807) is 24.3 Å². The average Bonchev–Trinajstić information content (AvgIpc) is 2.52. The third-order valence-electron chi connectivity index (χ3n) is 3.46. The Morgan fingerprint density at radius 1 is 0.909 bits per heavy atom. The second-order valence-electron chi connectivity index (χ2n) is 4.92. The fraction of sp³-hybridized carbons (Fsp3) is 0.250. The lowest BCUT2D eigenvalue weighted by atomic mass is 9.92. The van der Waals surface area contributed by atoms with Gasteiger partial charge in [-0.05, 0) is 12.8 Å². The zero-order chi connectivity index (χ0) is 15.9. The molecule has 6 nitrogen and oxygen atoms in total. The smallest absolute Gasteiger partial charge is 0.332 e. The average molecular weight is 300 g/mol. The van der Waals surface area contributed by atoms with Crippen LogP contribution in [0.3, 0.4) is 0 Å². The quantitative estimate of drug-likeness (QED) is 0.600. The molecule has 0 saturated carbocycles. The maximum absolute atomic E-state index is 11.1. The van der Waals surface area contributed by atoms with E-state index < -0.39 is 11.9 Å². The standard InChI is InChI=1S/C16H16N2O4/c19-15(20)13-7-3-1-5-11(13)9-17-18-10-12-6-2-4-8-14(12)16(21)22/h1-4,7-12H,5-6H2,(H,19,20)(H,21,22). The summed E-state index contributed by atoms with van der Waals surface area (Å²) < 4.78 is 0. The van der Waals surface area contributed by atoms with Crippen LogP contribution in [0.4, 0.5) is 0 Å². The van der Waals surface area contributed by atoms with Crippen molar-refractivity contribution in [1.82, 2.24) is 0 Å². The Bertz CT molecular complexity index is 583. The molecular formula is C16H16N2O4. The van der Waals surface area contributed by atoms with Gasteiger partial charge in [0, 0.05) is 35.4 Å². The van der Waals surface area contributed by atoms with Crippen molar-refractivity contribution in [3.63, 3.8) is 0 Å². The summed E-state index contributed by atoms with van der Waals surface area (Å²) in [6, 6.07) is 0. The number of carboxylic acid groups (broad SMARTS) is 2. The van der Waals surface area contributed by atoms with Crippen LogP contribution in [0.1, 0.15) is 12.8 Å². The fourth-order valence-electron chi connectivity index (χ4n) is 2.27. The zero-order valence-corrected chi connectivity index (χ0v) is 11.8. The Morgan fingerprint density at radius 2 is 1.32 bits per heavy atom. The van der Waals surface area contributed by atoms with E-state index in [0.717, 1.165) is 0 Å². The lowest BCUT2D eigenvalue weighted by molar-refractivity contribution is -0.134. The largest absolute Gasteiger partial charge is 0.478 e. The molecule has 2 unspecified atom stereocenters. The van der Waals surface area contributed by atoms with Crippen LogP contribution >= 0.6 is 0 Å². The van der Waals surface area contributed by atoms with Crippen LogP contribution in [-0.2, 0) is 9.59 Å². The van der Waals surface area contributed by atoms with Crippen LogP contribution < -0.4 is 0 Å². The second kappa shape index (κ2) is 7.31. The van der Waals surface area contributed by atoms with Crippen molar-refractivity contribution in [3.05, 3.63) is 47.6 Å². The van der Waals surface area contributed by atoms with Gasteiger partial charge in [-0.1, -0.05) is 36.5 Å². The van der Waals surface area contributed by atoms with Crippen molar-refractivity contribution in [2.24, 2.45) is 22.0 Å². The maximum atomic E-state index is 11.1. The van der Waals surface area contributed by atoms with Gasteiger partial charge in [-0.25, -0.2) is 9.59 Å². The molecule has 0 radical (unpaired) electrons. The minimum Gasteiger partial charge on any atom is -0.478 e. The molecule has 0 aromatic carbocycles. The van der Waals surface area contributed by atoms with E-state index in [4.69, 9.17) is 10.2 Å². The first-order chi connectivity index (χ1) is 10.6. The molecule has 0 bridgehead atoms. The molecule has 0 aromatic heterocycles. The number of hydrogen-bond acceptors (Lipinski definition) is 4. The summed E-state index contributed by atoms with van der Waals surface area (Å²) in [5.74, 6) is -2.59. The lowest BCUT2D eigenvalue weighted by Crippen LogP contribution is -2.16. The molecule has 0 amide bonds. The fourth-order valence-corrected chi connectivity index (χ4v) is 2.27. The van der Waals surface area contributed by atoms with Gasteiger partial charge in [-0.15, -0.1) is 0 Å². The molecule has 0 heterocycles. The van der Waals surface area contributed by atoms with Crippen LogP contribution in [0, 0.1) is 11.8 Å². The first-order valence-electron chi connectivity index (χ1n) is 6.86. The molecule has 2 atom stereocenters. The van der Waals surface area contributed by atoms with Gasteiger partial charge in [0.15, 0.2) is 0 Å². The van der Waals surface area contributed by atoms with Crippen LogP contribution in [0.25, 0.3) is 0 Å². The highest BCUT2D eigenvalue weighted by Gasteiger charge is 2.20. The van der Waals surface area contributed by atoms with Crippen LogP contribution in [0.5, 0.6) is 0 Å². The Labute approximate surface area is 127 Å². The summed E-state index contributed by atoms with van der Waals surface area (Å²) in [6.45, 7) is 0. The predicted octanol–water partition coefficient (Wildman–Crippen LogP) is 2.22. The Balaban J connectivity index is 2.00. The maximum Gasteiger partial charge on any atom is 0.332 e. The topological polar surface area (TPSA) is 99.3 Å². The summed E-state index contributed by atoms with van der Waals surface area (Å²) in [5, 5.41) is 25.9. The number of carboxylic acids is 2. The number of aliphatic carboxylic acids is 2. The van der Waals surface area contributed by atoms with Gasteiger partial charge < -0.3 is 10.2 Å². The summed E-state index contributed by atoms with van der Waals surface area (Å²) in [4.78, 5) is 22.2. The van der Waals surface area contributed by atoms with Gasteiger partial charge in [-0.3, -0.25) is 0 Å². The van der Waals surface area contributed by atoms with Gasteiger partial charge in [0.1, 0.15) is 0 Å². The van der Waals surface area contributed by atoms with Crippen molar-refractivity contribution in [2.45, 2.75) is 12.8 Å². The van der Waals surface area contributed by atoms with Gasteiger partial charge in [0.2, 0.25) is 0 Å². The van der Waals surface area contributed by atoms with E-state index in [0.29, 0.717) is 12.8 Å². The van der Waals surface area contributed by atoms with E-state index in [9.17, 15) is 9.59 Å². The van der Waals surface area contributed by atoms with Crippen LogP contribution in [0.2, 0.25) is 0 Å². The SMILES string of the molecule is O=C(O)C1=CC=CCC1C=NN=CC1CC=CC=C1C(=O)O. The normalized spacial score (nSPS) is 24.5. The van der Waals surface area contributed by atoms with Crippen molar-refractivity contribution < 1.29 is 19.8 Å². The molecule has 6 heteroatoms. The van der Waals surface area contributed by atoms with Crippen LogP contribution in [-0.4, -0.2) is 34.6 Å². The molecule has 0 fully saturated rings. The van der Waals surface area contributed by atoms with Crippen molar-refractivity contribution in [1.29, 1.82) is 0 Å². The highest BCUT2D eigenvalue weighted by atomic mass is 16.4. The first kappa shape index (κ1) is 15.6. The molecule has 2 aliphatic carbocycles. The Morgan fingerprint density at radius 3 is 1.68 bits per heavy atom. The van der Waals surface area contributed by atoms with E-state index in [1.807, 2.05) is 12.2 Å². The van der Waals surface area contributed by atoms with Crippen molar-refractivity contribution in [2.75, 3.05) is 0 Å². The Kier molecular flexibility index (Phi) is 5.19. The zero-order valence-electron chi connectivity index (χ0n) is 11.8. The van der Waals surface area contributed by atoms with E-state index >= 15 is 0 Å². The predicted molar refractivity (Wildman–Crippen MR) is 82.9 cm³/mol. The number of allylic oxidation sites excluding steroid dienone is 6. The highest BCUT2D eigenvalue weighted by Crippen LogP contribution is 2.20. The van der Waals surface area contributed by atoms with Gasteiger partial charge >= 0.3 is 11.9 Å². The molecule has 114 valence electrons. The summed E-state index contributed by atoms with van der Waals surface area (Å²) in [5.41, 5.74) is 0.543. The van der Waals surface area contributed by atoms with Gasteiger partial charge in [-0.2, -0.15) is 10.2 Å². The molecule has 0 spiro atoms. The number of nitrogens with zero attached hydrogens (tertiary/aromatic N) is 2. The van der Waals surface area contributed by atoms with Crippen molar-refractivity contribution >= 4 is 24.4 Å². The van der Waals surface area contributed by atoms with E-state index in [1.165, 1.54) is 12.4 Å². The second-order valence-corrected chi connectivity index (χ2v) is 4.92. The number of rotatable bonds is 5. The van der Waals surface area contributed by atoms with E-state index in [-0.39, 0.29) is 23.0 Å². The van der Waals surface area contributed by atoms with Crippen molar-refractivity contribution in [3.8, 4) is 0 Å². The Hall–Kier alpha value is -2.76. The molecule has 0 aliphatic heterocycles. The molecule has 2 N–H and O–H groups in total. The number of carbonyl (C=O) groups is 2. The molecule has 2 aliphatic rings. The summed E-state index contributed by atoms with van der Waals surface area (Å²) in [6.07, 6.45) is 14.3. The molecule has 2 rings (SSSR count). The molecular weight excluding hydrogens is 284 g/mol. The minimum absolute atomic E-state index is 0.271. The summed E-state index contributed by atoms with van der Waals surface area (Å²) >= 11 is 0. The minimum atomic E-state index is -0.974. The molecule has 0 saturated heterocycles. The molecule has 0 aromatic rings. The third-order valence-corrected chi connectivity index (χ3v) is 3.46.